The summed E-state index contributed by atoms with van der Waals surface area (Å²) in [6, 6.07) is 6.79. The van der Waals surface area contributed by atoms with Gasteiger partial charge < -0.3 is 5.32 Å². The zero-order valence-corrected chi connectivity index (χ0v) is 14.3. The molecular weight excluding hydrogens is 304 g/mol. The summed E-state index contributed by atoms with van der Waals surface area (Å²) >= 11 is 1.70. The Balaban J connectivity index is 2.02. The van der Waals surface area contributed by atoms with Crippen molar-refractivity contribution in [3.8, 4) is 0 Å². The van der Waals surface area contributed by atoms with E-state index in [1.807, 2.05) is 6.20 Å². The van der Waals surface area contributed by atoms with Crippen LogP contribution < -0.4 is 5.32 Å². The largest absolute Gasteiger partial charge is 0.380 e. The molecule has 2 aromatic rings. The van der Waals surface area contributed by atoms with Crippen molar-refractivity contribution in [3.05, 3.63) is 40.3 Å². The van der Waals surface area contributed by atoms with Gasteiger partial charge in [0.05, 0.1) is 16.4 Å². The Labute approximate surface area is 130 Å². The van der Waals surface area contributed by atoms with Gasteiger partial charge in [-0.05, 0) is 24.3 Å². The minimum Gasteiger partial charge on any atom is -0.380 e. The van der Waals surface area contributed by atoms with E-state index in [4.69, 9.17) is 0 Å². The number of nitrogens with one attached hydrogen (secondary N) is 1. The highest BCUT2D eigenvalue weighted by atomic mass is 32.2. The van der Waals surface area contributed by atoms with Gasteiger partial charge in [0.15, 0.2) is 9.84 Å². The second-order valence-electron chi connectivity index (χ2n) is 6.03. The summed E-state index contributed by atoms with van der Waals surface area (Å²) < 4.78 is 22.8. The summed E-state index contributed by atoms with van der Waals surface area (Å²) in [5.74, 6) is 0. The maximum atomic E-state index is 11.4. The third kappa shape index (κ3) is 4.28. The first-order chi connectivity index (χ1) is 9.66. The molecule has 0 saturated carbocycles. The fourth-order valence-electron chi connectivity index (χ4n) is 1.75. The third-order valence-corrected chi connectivity index (χ3v) is 5.50. The molecule has 21 heavy (non-hydrogen) atoms. The van der Waals surface area contributed by atoms with E-state index in [9.17, 15) is 8.42 Å². The van der Waals surface area contributed by atoms with Gasteiger partial charge in [0, 0.05) is 28.4 Å². The number of anilines is 1. The molecule has 1 aromatic carbocycles. The Morgan fingerprint density at radius 1 is 1.19 bits per heavy atom. The lowest BCUT2D eigenvalue weighted by Gasteiger charge is -2.13. The molecule has 0 radical (unpaired) electrons. The molecule has 0 fully saturated rings. The Kier molecular flexibility index (Phi) is 4.39. The third-order valence-electron chi connectivity index (χ3n) is 2.94. The van der Waals surface area contributed by atoms with Crippen LogP contribution in [0, 0.1) is 0 Å². The second kappa shape index (κ2) is 5.77. The Morgan fingerprint density at radius 2 is 1.81 bits per heavy atom. The van der Waals surface area contributed by atoms with E-state index < -0.39 is 9.84 Å². The standard InChI is InChI=1S/C15H20N2O2S2/c1-15(2,3)14-17-10-12(20-14)9-16-11-5-7-13(8-6-11)21(4,18)19/h5-8,10,16H,9H2,1-4H3. The van der Waals surface area contributed by atoms with E-state index in [0.717, 1.165) is 15.6 Å². The van der Waals surface area contributed by atoms with Crippen molar-refractivity contribution in [2.75, 3.05) is 11.6 Å². The van der Waals surface area contributed by atoms with Gasteiger partial charge in [0.25, 0.3) is 0 Å². The zero-order valence-electron chi connectivity index (χ0n) is 12.7. The molecule has 0 aliphatic heterocycles. The molecule has 0 saturated heterocycles. The molecule has 114 valence electrons. The first-order valence-electron chi connectivity index (χ1n) is 6.65. The number of rotatable bonds is 4. The van der Waals surface area contributed by atoms with Gasteiger partial charge in [-0.1, -0.05) is 20.8 Å². The first-order valence-corrected chi connectivity index (χ1v) is 9.36. The van der Waals surface area contributed by atoms with Crippen LogP contribution >= 0.6 is 11.3 Å². The van der Waals surface area contributed by atoms with E-state index >= 15 is 0 Å². The average molecular weight is 324 g/mol. The monoisotopic (exact) mass is 324 g/mol. The molecule has 6 heteroatoms. The van der Waals surface area contributed by atoms with Crippen molar-refractivity contribution in [2.45, 2.75) is 37.6 Å². The van der Waals surface area contributed by atoms with Crippen LogP contribution in [-0.2, 0) is 21.8 Å². The summed E-state index contributed by atoms with van der Waals surface area (Å²) in [4.78, 5) is 5.94. The fraction of sp³-hybridized carbons (Fsp3) is 0.400. The summed E-state index contributed by atoms with van der Waals surface area (Å²) in [5.41, 5.74) is 0.966. The second-order valence-corrected chi connectivity index (χ2v) is 9.16. The topological polar surface area (TPSA) is 59.1 Å². The predicted molar refractivity (Wildman–Crippen MR) is 87.7 cm³/mol. The summed E-state index contributed by atoms with van der Waals surface area (Å²) in [6.45, 7) is 7.12. The number of aromatic nitrogens is 1. The van der Waals surface area contributed by atoms with Crippen LogP contribution in [0.4, 0.5) is 5.69 Å². The van der Waals surface area contributed by atoms with E-state index in [0.29, 0.717) is 11.4 Å². The average Bonchev–Trinajstić information content (AvgIpc) is 2.84. The Bertz CT molecular complexity index is 711. The van der Waals surface area contributed by atoms with Crippen molar-refractivity contribution in [1.29, 1.82) is 0 Å². The van der Waals surface area contributed by atoms with E-state index in [1.54, 1.807) is 35.6 Å². The summed E-state index contributed by atoms with van der Waals surface area (Å²) in [7, 11) is -3.14. The zero-order chi connectivity index (χ0) is 15.7. The molecule has 1 N–H and O–H groups in total. The Morgan fingerprint density at radius 3 is 2.29 bits per heavy atom. The normalized spacial score (nSPS) is 12.4. The van der Waals surface area contributed by atoms with Crippen LogP contribution in [0.25, 0.3) is 0 Å². The lowest BCUT2D eigenvalue weighted by Crippen LogP contribution is -2.09. The van der Waals surface area contributed by atoms with Gasteiger partial charge in [-0.2, -0.15) is 0 Å². The van der Waals surface area contributed by atoms with Gasteiger partial charge >= 0.3 is 0 Å². The highest BCUT2D eigenvalue weighted by Gasteiger charge is 2.17. The number of thiazole rings is 1. The molecule has 0 unspecified atom stereocenters. The SMILES string of the molecule is CC(C)(C)c1ncc(CNc2ccc(S(C)(=O)=O)cc2)s1. The number of benzene rings is 1. The number of nitrogens with zero attached hydrogens (tertiary/aromatic N) is 1. The highest BCUT2D eigenvalue weighted by molar-refractivity contribution is 7.90. The molecule has 0 amide bonds. The number of hydrogen-bond donors (Lipinski definition) is 1. The van der Waals surface area contributed by atoms with Crippen molar-refractivity contribution < 1.29 is 8.42 Å². The van der Waals surface area contributed by atoms with Gasteiger partial charge in [0.1, 0.15) is 0 Å². The molecule has 4 nitrogen and oxygen atoms in total. The quantitative estimate of drug-likeness (QED) is 0.936. The molecule has 1 heterocycles. The molecule has 1 aromatic heterocycles. The van der Waals surface area contributed by atoms with Crippen LogP contribution in [0.2, 0.25) is 0 Å². The molecule has 2 rings (SSSR count). The summed E-state index contributed by atoms with van der Waals surface area (Å²) in [5, 5.41) is 4.40. The molecule has 0 spiro atoms. The van der Waals surface area contributed by atoms with Gasteiger partial charge in [-0.3, -0.25) is 0 Å². The number of hydrogen-bond acceptors (Lipinski definition) is 5. The molecule has 0 aliphatic carbocycles. The van der Waals surface area contributed by atoms with Crippen LogP contribution in [-0.4, -0.2) is 19.7 Å². The van der Waals surface area contributed by atoms with E-state index in [2.05, 4.69) is 31.1 Å². The Hall–Kier alpha value is -1.40. The smallest absolute Gasteiger partial charge is 0.175 e. The molecule has 0 bridgehead atoms. The van der Waals surface area contributed by atoms with Crippen LogP contribution in [0.15, 0.2) is 35.4 Å². The lowest BCUT2D eigenvalue weighted by molar-refractivity contribution is 0.585. The van der Waals surface area contributed by atoms with Gasteiger partial charge in [-0.15, -0.1) is 11.3 Å². The van der Waals surface area contributed by atoms with E-state index in [1.165, 1.54) is 6.26 Å². The first kappa shape index (κ1) is 16.0. The molecule has 0 aliphatic rings. The van der Waals surface area contributed by atoms with E-state index in [-0.39, 0.29) is 5.41 Å². The summed E-state index contributed by atoms with van der Waals surface area (Å²) in [6.07, 6.45) is 3.10. The maximum absolute atomic E-state index is 11.4. The highest BCUT2D eigenvalue weighted by Crippen LogP contribution is 2.27. The van der Waals surface area contributed by atoms with Crippen molar-refractivity contribution in [3.63, 3.8) is 0 Å². The van der Waals surface area contributed by atoms with Gasteiger partial charge in [0.2, 0.25) is 0 Å². The van der Waals surface area contributed by atoms with Crippen LogP contribution in [0.5, 0.6) is 0 Å². The fourth-order valence-corrected chi connectivity index (χ4v) is 3.29. The predicted octanol–water partition coefficient (Wildman–Crippen LogP) is 3.46. The minimum atomic E-state index is -3.14. The minimum absolute atomic E-state index is 0.0695. The van der Waals surface area contributed by atoms with Crippen molar-refractivity contribution in [2.24, 2.45) is 0 Å². The van der Waals surface area contributed by atoms with Crippen molar-refractivity contribution >= 4 is 26.9 Å². The van der Waals surface area contributed by atoms with Crippen molar-refractivity contribution in [1.82, 2.24) is 4.98 Å². The number of sulfone groups is 1. The van der Waals surface area contributed by atoms with Gasteiger partial charge in [-0.25, -0.2) is 13.4 Å². The lowest BCUT2D eigenvalue weighted by atomic mass is 9.98. The van der Waals surface area contributed by atoms with Crippen LogP contribution in [0.3, 0.4) is 0 Å². The van der Waals surface area contributed by atoms with Crippen LogP contribution in [0.1, 0.15) is 30.7 Å². The molecule has 0 atom stereocenters. The maximum Gasteiger partial charge on any atom is 0.175 e. The molecular formula is C15H20N2O2S2.